The molecule has 0 radical (unpaired) electrons. The van der Waals surface area contributed by atoms with Crippen molar-refractivity contribution in [2.75, 3.05) is 0 Å². The Morgan fingerprint density at radius 2 is 2.00 bits per heavy atom. The lowest BCUT2D eigenvalue weighted by Crippen LogP contribution is -2.30. The van der Waals surface area contributed by atoms with Gasteiger partial charge in [0.2, 0.25) is 0 Å². The van der Waals surface area contributed by atoms with Crippen molar-refractivity contribution in [1.82, 2.24) is 0 Å². The van der Waals surface area contributed by atoms with Crippen molar-refractivity contribution in [2.24, 2.45) is 28.6 Å². The van der Waals surface area contributed by atoms with E-state index in [0.717, 1.165) is 24.7 Å². The number of carbonyl (C=O) groups is 1. The fraction of sp³-hybridized carbons (Fsp3) is 0.929. The third-order valence-electron chi connectivity index (χ3n) is 5.65. The van der Waals surface area contributed by atoms with Gasteiger partial charge in [-0.3, -0.25) is 4.79 Å². The van der Waals surface area contributed by atoms with Crippen LogP contribution in [0.25, 0.3) is 0 Å². The number of hydrogen-bond acceptors (Lipinski definition) is 1. The number of rotatable bonds is 0. The summed E-state index contributed by atoms with van der Waals surface area (Å²) in [5, 5.41) is 0. The minimum Gasteiger partial charge on any atom is -0.299 e. The van der Waals surface area contributed by atoms with E-state index in [1.807, 2.05) is 0 Å². The first-order valence-corrected chi connectivity index (χ1v) is 6.48. The van der Waals surface area contributed by atoms with Gasteiger partial charge in [-0.15, -0.1) is 0 Å². The van der Waals surface area contributed by atoms with Crippen molar-refractivity contribution in [2.45, 2.75) is 52.9 Å². The molecule has 0 saturated heterocycles. The molecule has 1 nitrogen and oxygen atoms in total. The fourth-order valence-electron chi connectivity index (χ4n) is 5.20. The van der Waals surface area contributed by atoms with Crippen LogP contribution in [0.1, 0.15) is 52.9 Å². The molecule has 1 heteroatoms. The first kappa shape index (κ1) is 9.86. The van der Waals surface area contributed by atoms with E-state index < -0.39 is 0 Å². The first-order valence-electron chi connectivity index (χ1n) is 6.48. The van der Waals surface area contributed by atoms with Gasteiger partial charge in [0.1, 0.15) is 5.78 Å². The molecule has 1 spiro atoms. The molecule has 84 valence electrons. The molecular formula is C14H22O. The highest BCUT2D eigenvalue weighted by Gasteiger charge is 2.65. The molecule has 3 aliphatic rings. The fourth-order valence-corrected chi connectivity index (χ4v) is 5.20. The van der Waals surface area contributed by atoms with Crippen LogP contribution < -0.4 is 0 Å². The van der Waals surface area contributed by atoms with E-state index in [9.17, 15) is 4.79 Å². The molecule has 4 atom stereocenters. The molecule has 0 N–H and O–H groups in total. The molecule has 0 aromatic carbocycles. The van der Waals surface area contributed by atoms with Gasteiger partial charge in [-0.05, 0) is 48.3 Å². The zero-order chi connectivity index (χ0) is 10.8. The molecule has 0 aromatic rings. The Bertz CT molecular complexity index is 317. The quantitative estimate of drug-likeness (QED) is 0.593. The summed E-state index contributed by atoms with van der Waals surface area (Å²) in [7, 11) is 0. The average Bonchev–Trinajstić information content (AvgIpc) is 2.65. The minimum absolute atomic E-state index is 0.414. The summed E-state index contributed by atoms with van der Waals surface area (Å²) in [6, 6.07) is 0. The zero-order valence-electron chi connectivity index (χ0n) is 10.2. The molecule has 3 fully saturated rings. The molecule has 0 unspecified atom stereocenters. The Morgan fingerprint density at radius 3 is 2.73 bits per heavy atom. The second-order valence-electron chi connectivity index (χ2n) is 7.06. The van der Waals surface area contributed by atoms with Crippen LogP contribution in [0, 0.1) is 28.6 Å². The first-order chi connectivity index (χ1) is 6.96. The molecule has 3 aliphatic carbocycles. The third kappa shape index (κ3) is 1.07. The lowest BCUT2D eigenvalue weighted by Gasteiger charge is -2.34. The van der Waals surface area contributed by atoms with Gasteiger partial charge in [-0.2, -0.15) is 0 Å². The molecule has 3 saturated carbocycles. The molecule has 0 aliphatic heterocycles. The highest BCUT2D eigenvalue weighted by molar-refractivity contribution is 5.85. The molecule has 0 heterocycles. The molecule has 0 bridgehead atoms. The van der Waals surface area contributed by atoms with Crippen molar-refractivity contribution in [1.29, 1.82) is 0 Å². The van der Waals surface area contributed by atoms with Crippen LogP contribution >= 0.6 is 0 Å². The monoisotopic (exact) mass is 206 g/mol. The predicted octanol–water partition coefficient (Wildman–Crippen LogP) is 3.43. The average molecular weight is 206 g/mol. The smallest absolute Gasteiger partial charge is 0.136 e. The highest BCUT2D eigenvalue weighted by atomic mass is 16.1. The van der Waals surface area contributed by atoms with Crippen LogP contribution in [0.2, 0.25) is 0 Å². The van der Waals surface area contributed by atoms with Crippen molar-refractivity contribution >= 4 is 5.78 Å². The van der Waals surface area contributed by atoms with Gasteiger partial charge in [0, 0.05) is 12.3 Å². The van der Waals surface area contributed by atoms with Gasteiger partial charge in [-0.25, -0.2) is 0 Å². The Kier molecular flexibility index (Phi) is 1.76. The van der Waals surface area contributed by atoms with Gasteiger partial charge in [0.25, 0.3) is 0 Å². The Morgan fingerprint density at radius 1 is 1.27 bits per heavy atom. The normalized spacial score (nSPS) is 51.9. The number of Topliss-reactive ketones (excluding diaryl/α,β-unsaturated/α-hetero) is 1. The number of hydrogen-bond donors (Lipinski definition) is 0. The van der Waals surface area contributed by atoms with Gasteiger partial charge in [-0.1, -0.05) is 20.8 Å². The summed E-state index contributed by atoms with van der Waals surface area (Å²) in [4.78, 5) is 12.1. The molecule has 3 rings (SSSR count). The summed E-state index contributed by atoms with van der Waals surface area (Å²) < 4.78 is 0. The van der Waals surface area contributed by atoms with E-state index >= 15 is 0 Å². The zero-order valence-corrected chi connectivity index (χ0v) is 10.2. The standard InChI is InChI=1S/C14H22O/c1-9-4-5-10-6-12(15)11-7-13(2,3)8-14(9,10)11/h9-11H,4-8H2,1-3H3/t9-,10+,11+,14+/m0/s1. The van der Waals surface area contributed by atoms with Gasteiger partial charge < -0.3 is 0 Å². The van der Waals surface area contributed by atoms with Crippen molar-refractivity contribution in [3.05, 3.63) is 0 Å². The van der Waals surface area contributed by atoms with Crippen LogP contribution in [0.15, 0.2) is 0 Å². The van der Waals surface area contributed by atoms with Gasteiger partial charge in [0.15, 0.2) is 0 Å². The lowest BCUT2D eigenvalue weighted by atomic mass is 9.69. The van der Waals surface area contributed by atoms with Crippen LogP contribution in [0.5, 0.6) is 0 Å². The SMILES string of the molecule is C[C@H]1CC[C@@H]2CC(=O)[C@H]3CC(C)(C)C[C@@]231. The molecule has 0 amide bonds. The van der Waals surface area contributed by atoms with Crippen LogP contribution in [-0.2, 0) is 4.79 Å². The van der Waals surface area contributed by atoms with E-state index in [-0.39, 0.29) is 0 Å². The maximum absolute atomic E-state index is 12.1. The maximum Gasteiger partial charge on any atom is 0.136 e. The summed E-state index contributed by atoms with van der Waals surface area (Å²) in [6.45, 7) is 7.11. The molecular weight excluding hydrogens is 184 g/mol. The van der Waals surface area contributed by atoms with E-state index in [0.29, 0.717) is 22.5 Å². The van der Waals surface area contributed by atoms with Crippen LogP contribution in [-0.4, -0.2) is 5.78 Å². The molecule has 15 heavy (non-hydrogen) atoms. The lowest BCUT2D eigenvalue weighted by molar-refractivity contribution is -0.122. The maximum atomic E-state index is 12.1. The Hall–Kier alpha value is -0.330. The van der Waals surface area contributed by atoms with Crippen molar-refractivity contribution in [3.8, 4) is 0 Å². The van der Waals surface area contributed by atoms with E-state index in [4.69, 9.17) is 0 Å². The summed E-state index contributed by atoms with van der Waals surface area (Å²) in [6.07, 6.45) is 6.06. The second-order valence-corrected chi connectivity index (χ2v) is 7.06. The van der Waals surface area contributed by atoms with Crippen molar-refractivity contribution < 1.29 is 4.79 Å². The summed E-state index contributed by atoms with van der Waals surface area (Å²) in [5.74, 6) is 2.56. The number of ketones is 1. The Labute approximate surface area is 92.6 Å². The second kappa shape index (κ2) is 2.67. The Balaban J connectivity index is 2.05. The largest absolute Gasteiger partial charge is 0.299 e. The summed E-state index contributed by atoms with van der Waals surface area (Å²) in [5.41, 5.74) is 0.845. The van der Waals surface area contributed by atoms with Crippen molar-refractivity contribution in [3.63, 3.8) is 0 Å². The van der Waals surface area contributed by atoms with Gasteiger partial charge in [0.05, 0.1) is 0 Å². The highest BCUT2D eigenvalue weighted by Crippen LogP contribution is 2.69. The van der Waals surface area contributed by atoms with Crippen LogP contribution in [0.4, 0.5) is 0 Å². The van der Waals surface area contributed by atoms with E-state index in [1.165, 1.54) is 19.3 Å². The third-order valence-corrected chi connectivity index (χ3v) is 5.65. The minimum atomic E-state index is 0.414. The van der Waals surface area contributed by atoms with Crippen LogP contribution in [0.3, 0.4) is 0 Å². The number of carbonyl (C=O) groups excluding carboxylic acids is 1. The molecule has 0 aromatic heterocycles. The van der Waals surface area contributed by atoms with E-state index in [1.54, 1.807) is 0 Å². The van der Waals surface area contributed by atoms with Gasteiger partial charge >= 0.3 is 0 Å². The predicted molar refractivity (Wildman–Crippen MR) is 60.5 cm³/mol. The topological polar surface area (TPSA) is 17.1 Å². The van der Waals surface area contributed by atoms with E-state index in [2.05, 4.69) is 20.8 Å². The summed E-state index contributed by atoms with van der Waals surface area (Å²) >= 11 is 0.